The minimum absolute atomic E-state index is 0.0252. The number of rotatable bonds is 3. The fourth-order valence-electron chi connectivity index (χ4n) is 2.01. The topological polar surface area (TPSA) is 49.3 Å². The minimum Gasteiger partial charge on any atom is -0.389 e. The average molecular weight is 231 g/mol. The van der Waals surface area contributed by atoms with E-state index < -0.39 is 6.10 Å². The second-order valence-electron chi connectivity index (χ2n) is 4.37. The van der Waals surface area contributed by atoms with Gasteiger partial charge in [-0.1, -0.05) is 42.5 Å². The lowest BCUT2D eigenvalue weighted by Gasteiger charge is -2.20. The molecule has 1 aliphatic carbocycles. The van der Waals surface area contributed by atoms with E-state index in [0.717, 1.165) is 12.0 Å². The van der Waals surface area contributed by atoms with Gasteiger partial charge in [-0.3, -0.25) is 4.79 Å². The Hall–Kier alpha value is -1.61. The molecule has 1 aromatic carbocycles. The summed E-state index contributed by atoms with van der Waals surface area (Å²) < 4.78 is 0. The first kappa shape index (κ1) is 11.9. The van der Waals surface area contributed by atoms with Crippen molar-refractivity contribution in [1.82, 2.24) is 5.32 Å². The molecule has 0 aliphatic heterocycles. The number of carbonyl (C=O) groups is 1. The second kappa shape index (κ2) is 5.64. The molecule has 0 aromatic heterocycles. The molecule has 0 fully saturated rings. The van der Waals surface area contributed by atoms with Crippen LogP contribution in [-0.2, 0) is 11.3 Å². The lowest BCUT2D eigenvalue weighted by Crippen LogP contribution is -2.33. The molecule has 0 bridgehead atoms. The monoisotopic (exact) mass is 231 g/mol. The molecule has 0 saturated carbocycles. The third kappa shape index (κ3) is 3.43. The van der Waals surface area contributed by atoms with Crippen LogP contribution in [0.1, 0.15) is 18.4 Å². The zero-order valence-electron chi connectivity index (χ0n) is 9.67. The van der Waals surface area contributed by atoms with Crippen molar-refractivity contribution in [2.24, 2.45) is 5.92 Å². The summed E-state index contributed by atoms with van der Waals surface area (Å²) in [4.78, 5) is 11.9. The zero-order valence-corrected chi connectivity index (χ0v) is 9.67. The Morgan fingerprint density at radius 3 is 2.82 bits per heavy atom. The normalized spacial score (nSPS) is 23.4. The molecule has 0 radical (unpaired) electrons. The van der Waals surface area contributed by atoms with Crippen molar-refractivity contribution in [3.63, 3.8) is 0 Å². The summed E-state index contributed by atoms with van der Waals surface area (Å²) in [6, 6.07) is 9.82. The fraction of sp³-hybridized carbons (Fsp3) is 0.357. The number of benzene rings is 1. The molecule has 0 unspecified atom stereocenters. The third-order valence-electron chi connectivity index (χ3n) is 2.99. The van der Waals surface area contributed by atoms with Crippen LogP contribution in [0.5, 0.6) is 0 Å². The molecular weight excluding hydrogens is 214 g/mol. The van der Waals surface area contributed by atoms with E-state index >= 15 is 0 Å². The molecule has 2 N–H and O–H groups in total. The predicted molar refractivity (Wildman–Crippen MR) is 66.2 cm³/mol. The van der Waals surface area contributed by atoms with Crippen LogP contribution < -0.4 is 5.32 Å². The van der Waals surface area contributed by atoms with Gasteiger partial charge in [-0.15, -0.1) is 0 Å². The zero-order chi connectivity index (χ0) is 12.1. The molecular formula is C14H17NO2. The number of nitrogens with one attached hydrogen (secondary N) is 1. The Morgan fingerprint density at radius 2 is 2.12 bits per heavy atom. The van der Waals surface area contributed by atoms with Crippen LogP contribution in [0.15, 0.2) is 42.5 Å². The smallest absolute Gasteiger partial charge is 0.223 e. The maximum atomic E-state index is 11.9. The van der Waals surface area contributed by atoms with Crippen molar-refractivity contribution in [3.05, 3.63) is 48.0 Å². The second-order valence-corrected chi connectivity index (χ2v) is 4.37. The Morgan fingerprint density at radius 1 is 1.35 bits per heavy atom. The standard InChI is InChI=1S/C14H17NO2/c16-13-8-4-7-12(9-13)14(17)15-10-11-5-2-1-3-6-11/h1-6,8,12-13,16H,7,9-10H2,(H,15,17)/t12-,13+/m0/s1. The van der Waals surface area contributed by atoms with Crippen LogP contribution in [0.4, 0.5) is 0 Å². The van der Waals surface area contributed by atoms with Gasteiger partial charge in [0, 0.05) is 12.5 Å². The van der Waals surface area contributed by atoms with Crippen LogP contribution in [0, 0.1) is 5.92 Å². The molecule has 1 aliphatic rings. The Balaban J connectivity index is 1.84. The van der Waals surface area contributed by atoms with Gasteiger partial charge in [-0.05, 0) is 18.4 Å². The average Bonchev–Trinajstić information content (AvgIpc) is 2.37. The molecule has 0 saturated heterocycles. The number of allylic oxidation sites excluding steroid dienone is 1. The van der Waals surface area contributed by atoms with E-state index in [1.807, 2.05) is 36.4 Å². The van der Waals surface area contributed by atoms with E-state index in [1.54, 1.807) is 6.08 Å². The van der Waals surface area contributed by atoms with Crippen LogP contribution in [0.25, 0.3) is 0 Å². The molecule has 2 atom stereocenters. The van der Waals surface area contributed by atoms with Crippen LogP contribution >= 0.6 is 0 Å². The van der Waals surface area contributed by atoms with Gasteiger partial charge in [0.2, 0.25) is 5.91 Å². The molecule has 90 valence electrons. The lowest BCUT2D eigenvalue weighted by molar-refractivity contribution is -0.126. The highest BCUT2D eigenvalue weighted by Gasteiger charge is 2.22. The summed E-state index contributed by atoms with van der Waals surface area (Å²) in [5, 5.41) is 12.4. The highest BCUT2D eigenvalue weighted by Crippen LogP contribution is 2.18. The molecule has 0 heterocycles. The van der Waals surface area contributed by atoms with Crippen molar-refractivity contribution in [2.75, 3.05) is 0 Å². The van der Waals surface area contributed by atoms with Gasteiger partial charge in [-0.2, -0.15) is 0 Å². The number of amides is 1. The van der Waals surface area contributed by atoms with Crippen molar-refractivity contribution < 1.29 is 9.90 Å². The highest BCUT2D eigenvalue weighted by molar-refractivity contribution is 5.79. The van der Waals surface area contributed by atoms with Crippen LogP contribution in [-0.4, -0.2) is 17.1 Å². The summed E-state index contributed by atoms with van der Waals surface area (Å²) >= 11 is 0. The van der Waals surface area contributed by atoms with E-state index in [4.69, 9.17) is 0 Å². The van der Waals surface area contributed by atoms with E-state index in [0.29, 0.717) is 13.0 Å². The lowest BCUT2D eigenvalue weighted by atomic mass is 9.92. The van der Waals surface area contributed by atoms with E-state index in [2.05, 4.69) is 5.32 Å². The van der Waals surface area contributed by atoms with Gasteiger partial charge in [-0.25, -0.2) is 0 Å². The highest BCUT2D eigenvalue weighted by atomic mass is 16.3. The summed E-state index contributed by atoms with van der Waals surface area (Å²) in [5.41, 5.74) is 1.09. The molecule has 3 nitrogen and oxygen atoms in total. The predicted octanol–water partition coefficient (Wildman–Crippen LogP) is 1.63. The molecule has 2 rings (SSSR count). The van der Waals surface area contributed by atoms with Crippen LogP contribution in [0.3, 0.4) is 0 Å². The largest absolute Gasteiger partial charge is 0.389 e. The number of hydrogen-bond donors (Lipinski definition) is 2. The number of hydrogen-bond acceptors (Lipinski definition) is 2. The Labute approximate surface area is 101 Å². The van der Waals surface area contributed by atoms with Gasteiger partial charge in [0.15, 0.2) is 0 Å². The third-order valence-corrected chi connectivity index (χ3v) is 2.99. The summed E-state index contributed by atoms with van der Waals surface area (Å²) in [7, 11) is 0. The number of aliphatic hydroxyl groups excluding tert-OH is 1. The van der Waals surface area contributed by atoms with Crippen molar-refractivity contribution in [2.45, 2.75) is 25.5 Å². The van der Waals surface area contributed by atoms with Crippen molar-refractivity contribution in [3.8, 4) is 0 Å². The molecule has 0 spiro atoms. The minimum atomic E-state index is -0.476. The first-order valence-corrected chi connectivity index (χ1v) is 5.92. The first-order chi connectivity index (χ1) is 8.25. The molecule has 17 heavy (non-hydrogen) atoms. The summed E-state index contributed by atoms with van der Waals surface area (Å²) in [6.07, 6.45) is 4.40. The maximum Gasteiger partial charge on any atom is 0.223 e. The number of carbonyl (C=O) groups excluding carboxylic acids is 1. The van der Waals surface area contributed by atoms with Gasteiger partial charge >= 0.3 is 0 Å². The van der Waals surface area contributed by atoms with Gasteiger partial charge in [0.1, 0.15) is 0 Å². The summed E-state index contributed by atoms with van der Waals surface area (Å²) in [6.45, 7) is 0.552. The van der Waals surface area contributed by atoms with Crippen molar-refractivity contribution in [1.29, 1.82) is 0 Å². The van der Waals surface area contributed by atoms with Gasteiger partial charge in [0.25, 0.3) is 0 Å². The molecule has 1 aromatic rings. The quantitative estimate of drug-likeness (QED) is 0.777. The van der Waals surface area contributed by atoms with Gasteiger partial charge < -0.3 is 10.4 Å². The summed E-state index contributed by atoms with van der Waals surface area (Å²) in [5.74, 6) is -0.0732. The van der Waals surface area contributed by atoms with E-state index in [-0.39, 0.29) is 11.8 Å². The Kier molecular flexibility index (Phi) is 3.94. The number of aliphatic hydroxyl groups is 1. The Bertz CT molecular complexity index is 400. The van der Waals surface area contributed by atoms with Gasteiger partial charge in [0.05, 0.1) is 6.10 Å². The SMILES string of the molecule is O=C(NCc1ccccc1)[C@H]1CC=C[C@@H](O)C1. The molecule has 1 amide bonds. The van der Waals surface area contributed by atoms with Crippen LogP contribution in [0.2, 0.25) is 0 Å². The maximum absolute atomic E-state index is 11.9. The van der Waals surface area contributed by atoms with E-state index in [1.165, 1.54) is 0 Å². The fourth-order valence-corrected chi connectivity index (χ4v) is 2.01. The van der Waals surface area contributed by atoms with Crippen molar-refractivity contribution >= 4 is 5.91 Å². The van der Waals surface area contributed by atoms with E-state index in [9.17, 15) is 9.90 Å². The first-order valence-electron chi connectivity index (χ1n) is 5.92. The molecule has 3 heteroatoms.